The molecule has 0 spiro atoms. The van der Waals surface area contributed by atoms with Gasteiger partial charge in [-0.05, 0) is 23.8 Å². The van der Waals surface area contributed by atoms with E-state index in [-0.39, 0.29) is 12.4 Å². The number of thioether (sulfide) groups is 1. The molecule has 0 heterocycles. The summed E-state index contributed by atoms with van der Waals surface area (Å²) in [5.41, 5.74) is 1.14. The van der Waals surface area contributed by atoms with Gasteiger partial charge in [0.1, 0.15) is 0 Å². The largest absolute Gasteiger partial charge is 0.396 e. The Bertz CT molecular complexity index is 300. The number of benzene rings is 1. The van der Waals surface area contributed by atoms with Gasteiger partial charge in [-0.1, -0.05) is 29.8 Å². The second-order valence-electron chi connectivity index (χ2n) is 3.46. The lowest BCUT2D eigenvalue weighted by Gasteiger charge is -2.06. The summed E-state index contributed by atoms with van der Waals surface area (Å²) < 4.78 is 0. The highest BCUT2D eigenvalue weighted by atomic mass is 35.5. The highest BCUT2D eigenvalue weighted by Crippen LogP contribution is 2.14. The summed E-state index contributed by atoms with van der Waals surface area (Å²) in [6, 6.07) is 7.89. The van der Waals surface area contributed by atoms with Gasteiger partial charge in [0.05, 0.1) is 0 Å². The molecule has 0 fully saturated rings. The van der Waals surface area contributed by atoms with Crippen molar-refractivity contribution < 1.29 is 5.11 Å². The third kappa shape index (κ3) is 7.90. The smallest absolute Gasteiger partial charge is 0.0450 e. The fourth-order valence-electron chi connectivity index (χ4n) is 1.28. The number of halogens is 2. The van der Waals surface area contributed by atoms with Gasteiger partial charge in [0.2, 0.25) is 0 Å². The van der Waals surface area contributed by atoms with Crippen molar-refractivity contribution in [1.29, 1.82) is 0 Å². The Morgan fingerprint density at radius 2 is 2.00 bits per heavy atom. The molecule has 17 heavy (non-hydrogen) atoms. The highest BCUT2D eigenvalue weighted by Gasteiger charge is 1.97. The summed E-state index contributed by atoms with van der Waals surface area (Å²) in [5.74, 6) is 2.11. The van der Waals surface area contributed by atoms with E-state index in [0.29, 0.717) is 6.61 Å². The topological polar surface area (TPSA) is 32.3 Å². The van der Waals surface area contributed by atoms with E-state index >= 15 is 0 Å². The summed E-state index contributed by atoms with van der Waals surface area (Å²) in [5, 5.41) is 12.8. The van der Waals surface area contributed by atoms with Crippen molar-refractivity contribution in [2.24, 2.45) is 0 Å². The fourth-order valence-corrected chi connectivity index (χ4v) is 2.31. The molecule has 2 N–H and O–H groups in total. The van der Waals surface area contributed by atoms with Gasteiger partial charge in [0, 0.05) is 30.5 Å². The fraction of sp³-hybridized carbons (Fsp3) is 0.500. The van der Waals surface area contributed by atoms with Gasteiger partial charge in [-0.3, -0.25) is 0 Å². The number of nitrogens with one attached hydrogen (secondary N) is 1. The predicted octanol–water partition coefficient (Wildman–Crippen LogP) is 2.97. The molecule has 0 radical (unpaired) electrons. The van der Waals surface area contributed by atoms with Crippen LogP contribution in [0.25, 0.3) is 0 Å². The van der Waals surface area contributed by atoms with Gasteiger partial charge in [-0.15, -0.1) is 12.4 Å². The molecule has 98 valence electrons. The van der Waals surface area contributed by atoms with Gasteiger partial charge in [0.25, 0.3) is 0 Å². The number of aliphatic hydroxyl groups is 1. The maximum atomic E-state index is 8.60. The second-order valence-corrected chi connectivity index (χ2v) is 5.09. The van der Waals surface area contributed by atoms with Gasteiger partial charge in [-0.25, -0.2) is 0 Å². The van der Waals surface area contributed by atoms with Crippen molar-refractivity contribution in [1.82, 2.24) is 5.32 Å². The zero-order valence-electron chi connectivity index (χ0n) is 9.69. The monoisotopic (exact) mass is 295 g/mol. The molecule has 0 aliphatic carbocycles. The third-order valence-electron chi connectivity index (χ3n) is 2.14. The summed E-state index contributed by atoms with van der Waals surface area (Å²) >= 11 is 7.89. The molecule has 1 aromatic rings. The normalized spacial score (nSPS) is 10.0. The molecule has 5 heteroatoms. The van der Waals surface area contributed by atoms with E-state index in [2.05, 4.69) is 5.32 Å². The first-order chi connectivity index (χ1) is 7.84. The Kier molecular flexibility index (Phi) is 11.2. The maximum Gasteiger partial charge on any atom is 0.0450 e. The highest BCUT2D eigenvalue weighted by molar-refractivity contribution is 7.99. The number of aliphatic hydroxyl groups excluding tert-OH is 1. The average molecular weight is 296 g/mol. The van der Waals surface area contributed by atoms with Crippen molar-refractivity contribution in [3.63, 3.8) is 0 Å². The minimum atomic E-state index is 0. The van der Waals surface area contributed by atoms with E-state index in [9.17, 15) is 0 Å². The molecule has 0 bridgehead atoms. The Morgan fingerprint density at radius 1 is 1.24 bits per heavy atom. The van der Waals surface area contributed by atoms with E-state index in [1.165, 1.54) is 0 Å². The Labute approximate surface area is 119 Å². The number of hydrogen-bond acceptors (Lipinski definition) is 3. The molecule has 0 aliphatic rings. The van der Waals surface area contributed by atoms with Crippen molar-refractivity contribution in [2.45, 2.75) is 13.0 Å². The van der Waals surface area contributed by atoms with E-state index in [1.807, 2.05) is 36.0 Å². The molecule has 1 rings (SSSR count). The number of hydrogen-bond donors (Lipinski definition) is 2. The van der Waals surface area contributed by atoms with Gasteiger partial charge in [-0.2, -0.15) is 11.8 Å². The first-order valence-corrected chi connectivity index (χ1v) is 7.00. The summed E-state index contributed by atoms with van der Waals surface area (Å²) in [6.07, 6.45) is 0.884. The molecule has 1 aromatic carbocycles. The predicted molar refractivity (Wildman–Crippen MR) is 79.4 cm³/mol. The van der Waals surface area contributed by atoms with E-state index in [1.54, 1.807) is 0 Å². The standard InChI is InChI=1S/C12H18ClNOS.ClH/c13-12-5-2-1-4-11(12)10-14-6-9-16-8-3-7-15;/h1-2,4-5,14-15H,3,6-10H2;1H. The van der Waals surface area contributed by atoms with Crippen LogP contribution in [-0.4, -0.2) is 29.8 Å². The Balaban J connectivity index is 0.00000256. The van der Waals surface area contributed by atoms with E-state index < -0.39 is 0 Å². The van der Waals surface area contributed by atoms with Crippen LogP contribution in [-0.2, 0) is 6.54 Å². The minimum Gasteiger partial charge on any atom is -0.396 e. The molecular formula is C12H19Cl2NOS. The van der Waals surface area contributed by atoms with Crippen molar-refractivity contribution >= 4 is 35.8 Å². The molecule has 0 saturated carbocycles. The zero-order valence-corrected chi connectivity index (χ0v) is 12.1. The molecule has 0 aliphatic heterocycles. The lowest BCUT2D eigenvalue weighted by atomic mass is 10.2. The maximum absolute atomic E-state index is 8.60. The van der Waals surface area contributed by atoms with Crippen molar-refractivity contribution in [3.8, 4) is 0 Å². The zero-order chi connectivity index (χ0) is 11.6. The van der Waals surface area contributed by atoms with Crippen LogP contribution in [0.1, 0.15) is 12.0 Å². The van der Waals surface area contributed by atoms with Crippen LogP contribution >= 0.6 is 35.8 Å². The molecule has 0 amide bonds. The van der Waals surface area contributed by atoms with Gasteiger partial charge >= 0.3 is 0 Å². The van der Waals surface area contributed by atoms with Crippen LogP contribution in [0.3, 0.4) is 0 Å². The minimum absolute atomic E-state index is 0. The van der Waals surface area contributed by atoms with Crippen LogP contribution in [0.2, 0.25) is 5.02 Å². The molecule has 0 aromatic heterocycles. The lowest BCUT2D eigenvalue weighted by Crippen LogP contribution is -2.16. The Hall–Kier alpha value is 0.0700. The van der Waals surface area contributed by atoms with Crippen molar-refractivity contribution in [2.75, 3.05) is 24.7 Å². The average Bonchev–Trinajstić information content (AvgIpc) is 2.30. The van der Waals surface area contributed by atoms with Crippen LogP contribution in [0.15, 0.2) is 24.3 Å². The summed E-state index contributed by atoms with van der Waals surface area (Å²) in [4.78, 5) is 0. The SMILES string of the molecule is Cl.OCCCSCCNCc1ccccc1Cl. The molecule has 2 nitrogen and oxygen atoms in total. The third-order valence-corrected chi connectivity index (χ3v) is 3.58. The first-order valence-electron chi connectivity index (χ1n) is 5.47. The lowest BCUT2D eigenvalue weighted by molar-refractivity contribution is 0.296. The van der Waals surface area contributed by atoms with Crippen LogP contribution in [0.5, 0.6) is 0 Å². The molecule has 0 unspecified atom stereocenters. The second kappa shape index (κ2) is 11.2. The van der Waals surface area contributed by atoms with Gasteiger partial charge < -0.3 is 10.4 Å². The number of rotatable bonds is 8. The van der Waals surface area contributed by atoms with Gasteiger partial charge in [0.15, 0.2) is 0 Å². The molecular weight excluding hydrogens is 277 g/mol. The van der Waals surface area contributed by atoms with Crippen LogP contribution in [0.4, 0.5) is 0 Å². The summed E-state index contributed by atoms with van der Waals surface area (Å²) in [6.45, 7) is 2.08. The van der Waals surface area contributed by atoms with E-state index in [0.717, 1.165) is 41.6 Å². The quantitative estimate of drug-likeness (QED) is 0.723. The summed E-state index contributed by atoms with van der Waals surface area (Å²) in [7, 11) is 0. The first kappa shape index (κ1) is 17.1. The molecule has 0 saturated heterocycles. The molecule has 0 atom stereocenters. The van der Waals surface area contributed by atoms with E-state index in [4.69, 9.17) is 16.7 Å². The van der Waals surface area contributed by atoms with Crippen molar-refractivity contribution in [3.05, 3.63) is 34.9 Å². The van der Waals surface area contributed by atoms with Crippen LogP contribution < -0.4 is 5.32 Å². The Morgan fingerprint density at radius 3 is 2.71 bits per heavy atom. The van der Waals surface area contributed by atoms with Crippen LogP contribution in [0, 0.1) is 0 Å².